The molecule has 5 nitrogen and oxygen atoms in total. The predicted molar refractivity (Wildman–Crippen MR) is 134 cm³/mol. The highest BCUT2D eigenvalue weighted by molar-refractivity contribution is 6.13. The Kier molecular flexibility index (Phi) is 8.65. The highest BCUT2D eigenvalue weighted by Crippen LogP contribution is 2.18. The van der Waals surface area contributed by atoms with Gasteiger partial charge < -0.3 is 14.4 Å². The van der Waals surface area contributed by atoms with Gasteiger partial charge in [0, 0.05) is 24.2 Å². The lowest BCUT2D eigenvalue weighted by Gasteiger charge is -2.32. The fraction of sp³-hybridized carbons (Fsp3) is 0.462. The molecule has 32 heavy (non-hydrogen) atoms. The highest BCUT2D eigenvalue weighted by Gasteiger charge is 2.26. The number of carbonyl (C=O) groups excluding carboxylic acids is 1. The van der Waals surface area contributed by atoms with Crippen LogP contribution in [0.1, 0.15) is 44.7 Å². The molecule has 3 rings (SSSR count). The largest absolute Gasteiger partial charge is 0.458 e. The molecule has 170 valence electrons. The molecule has 0 saturated carbocycles. The lowest BCUT2D eigenvalue weighted by atomic mass is 10.0. The van der Waals surface area contributed by atoms with Crippen LogP contribution in [0.5, 0.6) is 0 Å². The third kappa shape index (κ3) is 7.61. The lowest BCUT2D eigenvalue weighted by molar-refractivity contribution is -0.156. The third-order valence-corrected chi connectivity index (χ3v) is 5.61. The van der Waals surface area contributed by atoms with Gasteiger partial charge >= 0.3 is 5.97 Å². The minimum Gasteiger partial charge on any atom is -0.458 e. The quantitative estimate of drug-likeness (QED) is 0.365. The zero-order valence-corrected chi connectivity index (χ0v) is 20.0. The normalized spacial score (nSPS) is 16.3. The molecule has 1 saturated heterocycles. The van der Waals surface area contributed by atoms with Gasteiger partial charge in [0.05, 0.1) is 5.71 Å². The number of hydrogen-bond acceptors (Lipinski definition) is 5. The molecule has 0 amide bonds. The first kappa shape index (κ1) is 24.2. The summed E-state index contributed by atoms with van der Waals surface area (Å²) < 4.78 is 5.76. The van der Waals surface area contributed by atoms with Crippen LogP contribution >= 0.6 is 0 Å². The van der Waals surface area contributed by atoms with Crippen molar-refractivity contribution >= 4 is 19.7 Å². The Bertz CT molecular complexity index is 831. The Labute approximate surface area is 193 Å². The van der Waals surface area contributed by atoms with E-state index in [1.165, 1.54) is 0 Å². The minimum absolute atomic E-state index is 0.250. The second kappa shape index (κ2) is 11.4. The van der Waals surface area contributed by atoms with E-state index in [9.17, 15) is 4.79 Å². The standard InChI is InChI=1S/C26H36BN3O2/c1-26(2,3)32-25(31)23(15-10-16-29-17-19-30(27)20-18-29)28-24(21-11-6-4-7-12-21)22-13-8-5-9-14-22/h4-9,11-14,23H,10,15-20,27H2,1-3H3. The molecule has 1 fully saturated rings. The summed E-state index contributed by atoms with van der Waals surface area (Å²) in [5.41, 5.74) is 2.31. The molecular weight excluding hydrogens is 397 g/mol. The average Bonchev–Trinajstić information content (AvgIpc) is 2.77. The van der Waals surface area contributed by atoms with Crippen molar-refractivity contribution < 1.29 is 9.53 Å². The average molecular weight is 433 g/mol. The number of aliphatic imine (C=N–C) groups is 1. The first-order valence-electron chi connectivity index (χ1n) is 11.6. The van der Waals surface area contributed by atoms with Gasteiger partial charge in [-0.3, -0.25) is 4.99 Å². The number of ether oxygens (including phenoxy) is 1. The zero-order valence-electron chi connectivity index (χ0n) is 20.0. The van der Waals surface area contributed by atoms with Gasteiger partial charge in [0.15, 0.2) is 7.98 Å². The molecule has 1 aliphatic heterocycles. The Morgan fingerprint density at radius 3 is 2.00 bits per heavy atom. The molecule has 0 aliphatic carbocycles. The second-order valence-electron chi connectivity index (χ2n) is 9.55. The molecule has 1 unspecified atom stereocenters. The molecule has 0 bridgehead atoms. The maximum absolute atomic E-state index is 13.1. The van der Waals surface area contributed by atoms with Gasteiger partial charge in [0.25, 0.3) is 0 Å². The topological polar surface area (TPSA) is 45.1 Å². The summed E-state index contributed by atoms with van der Waals surface area (Å²) in [6.45, 7) is 11.1. The van der Waals surface area contributed by atoms with Crippen molar-refractivity contribution in [1.82, 2.24) is 9.71 Å². The second-order valence-corrected chi connectivity index (χ2v) is 9.55. The van der Waals surface area contributed by atoms with E-state index in [0.29, 0.717) is 6.42 Å². The summed E-state index contributed by atoms with van der Waals surface area (Å²) in [7, 11) is 2.17. The van der Waals surface area contributed by atoms with Crippen molar-refractivity contribution in [2.24, 2.45) is 4.99 Å². The fourth-order valence-corrected chi connectivity index (χ4v) is 3.85. The van der Waals surface area contributed by atoms with Gasteiger partial charge in [0.2, 0.25) is 0 Å². The molecule has 0 N–H and O–H groups in total. The van der Waals surface area contributed by atoms with Crippen LogP contribution in [-0.4, -0.2) is 73.7 Å². The van der Waals surface area contributed by atoms with Crippen LogP contribution in [0.2, 0.25) is 0 Å². The van der Waals surface area contributed by atoms with E-state index < -0.39 is 11.6 Å². The number of piperazine rings is 1. The van der Waals surface area contributed by atoms with Gasteiger partial charge in [-0.2, -0.15) is 0 Å². The summed E-state index contributed by atoms with van der Waals surface area (Å²) in [4.78, 5) is 23.0. The smallest absolute Gasteiger partial charge is 0.331 e. The molecule has 2 aromatic rings. The molecule has 1 aliphatic rings. The first-order chi connectivity index (χ1) is 15.3. The van der Waals surface area contributed by atoms with E-state index in [4.69, 9.17) is 9.73 Å². The Morgan fingerprint density at radius 2 is 1.50 bits per heavy atom. The molecule has 1 heterocycles. The summed E-state index contributed by atoms with van der Waals surface area (Å²) in [6, 6.07) is 19.6. The highest BCUT2D eigenvalue weighted by atomic mass is 16.6. The number of esters is 1. The van der Waals surface area contributed by atoms with Gasteiger partial charge in [-0.1, -0.05) is 60.7 Å². The predicted octanol–water partition coefficient (Wildman–Crippen LogP) is 3.18. The van der Waals surface area contributed by atoms with Crippen molar-refractivity contribution in [3.05, 3.63) is 71.8 Å². The summed E-state index contributed by atoms with van der Waals surface area (Å²) in [5.74, 6) is -0.250. The molecular formula is C26H36BN3O2. The summed E-state index contributed by atoms with van der Waals surface area (Å²) in [6.07, 6.45) is 1.58. The molecule has 1 atom stereocenters. The van der Waals surface area contributed by atoms with Crippen LogP contribution in [0.3, 0.4) is 0 Å². The van der Waals surface area contributed by atoms with E-state index >= 15 is 0 Å². The number of rotatable bonds is 8. The maximum atomic E-state index is 13.1. The molecule has 0 radical (unpaired) electrons. The lowest BCUT2D eigenvalue weighted by Crippen LogP contribution is -2.45. The van der Waals surface area contributed by atoms with E-state index in [1.54, 1.807) is 0 Å². The third-order valence-electron chi connectivity index (χ3n) is 5.61. The SMILES string of the molecule is BN1CCN(CCCC(N=C(c2ccccc2)c2ccccc2)C(=O)OC(C)(C)C)CC1. The Morgan fingerprint density at radius 1 is 0.969 bits per heavy atom. The number of benzene rings is 2. The summed E-state index contributed by atoms with van der Waals surface area (Å²) >= 11 is 0. The van der Waals surface area contributed by atoms with Crippen molar-refractivity contribution in [3.8, 4) is 0 Å². The van der Waals surface area contributed by atoms with Crippen LogP contribution in [0.4, 0.5) is 0 Å². The van der Waals surface area contributed by atoms with Gasteiger partial charge in [0.1, 0.15) is 11.6 Å². The van der Waals surface area contributed by atoms with Crippen LogP contribution in [0.25, 0.3) is 0 Å². The van der Waals surface area contributed by atoms with E-state index in [0.717, 1.165) is 56.0 Å². The Balaban J connectivity index is 1.82. The molecule has 0 spiro atoms. The van der Waals surface area contributed by atoms with Crippen LogP contribution in [-0.2, 0) is 9.53 Å². The molecule has 0 aromatic heterocycles. The first-order valence-corrected chi connectivity index (χ1v) is 11.6. The van der Waals surface area contributed by atoms with E-state index in [2.05, 4.69) is 17.7 Å². The van der Waals surface area contributed by atoms with Gasteiger partial charge in [-0.05, 0) is 53.2 Å². The maximum Gasteiger partial charge on any atom is 0.331 e. The van der Waals surface area contributed by atoms with E-state index in [-0.39, 0.29) is 5.97 Å². The minimum atomic E-state index is -0.540. The number of hydrogen-bond donors (Lipinski definition) is 0. The van der Waals surface area contributed by atoms with Crippen LogP contribution < -0.4 is 0 Å². The monoisotopic (exact) mass is 433 g/mol. The molecule has 6 heteroatoms. The Hall–Kier alpha value is -2.44. The summed E-state index contributed by atoms with van der Waals surface area (Å²) in [5, 5.41) is 0. The van der Waals surface area contributed by atoms with Gasteiger partial charge in [-0.15, -0.1) is 0 Å². The van der Waals surface area contributed by atoms with Crippen molar-refractivity contribution in [2.75, 3.05) is 32.7 Å². The van der Waals surface area contributed by atoms with Crippen LogP contribution in [0.15, 0.2) is 65.7 Å². The van der Waals surface area contributed by atoms with Crippen molar-refractivity contribution in [2.45, 2.75) is 45.3 Å². The van der Waals surface area contributed by atoms with Gasteiger partial charge in [-0.25, -0.2) is 4.79 Å². The van der Waals surface area contributed by atoms with Crippen molar-refractivity contribution in [3.63, 3.8) is 0 Å². The zero-order chi connectivity index (χ0) is 23.0. The molecule has 2 aromatic carbocycles. The van der Waals surface area contributed by atoms with Crippen LogP contribution in [0, 0.1) is 0 Å². The van der Waals surface area contributed by atoms with Crippen molar-refractivity contribution in [1.29, 1.82) is 0 Å². The number of carbonyl (C=O) groups is 1. The van der Waals surface area contributed by atoms with E-state index in [1.807, 2.05) is 81.4 Å². The fourth-order valence-electron chi connectivity index (χ4n) is 3.85. The number of nitrogens with zero attached hydrogens (tertiary/aromatic N) is 3.